The number of aliphatic hydroxyl groups is 1. The lowest BCUT2D eigenvalue weighted by atomic mass is 10.0. The van der Waals surface area contributed by atoms with E-state index in [0.29, 0.717) is 5.56 Å². The fourth-order valence-electron chi connectivity index (χ4n) is 1.91. The summed E-state index contributed by atoms with van der Waals surface area (Å²) < 4.78 is 0. The molecule has 0 radical (unpaired) electrons. The minimum absolute atomic E-state index is 0.0106. The third kappa shape index (κ3) is 3.61. The van der Waals surface area contributed by atoms with Gasteiger partial charge in [0.25, 0.3) is 11.4 Å². The van der Waals surface area contributed by atoms with Crippen molar-refractivity contribution in [3.63, 3.8) is 0 Å². The molecular weight excluding hydrogens is 276 g/mol. The predicted molar refractivity (Wildman–Crippen MR) is 74.9 cm³/mol. The largest absolute Gasteiger partial charge is 0.388 e. The van der Waals surface area contributed by atoms with Gasteiger partial charge in [-0.1, -0.05) is 12.1 Å². The highest BCUT2D eigenvalue weighted by molar-refractivity contribution is 5.36. The fourth-order valence-corrected chi connectivity index (χ4v) is 1.91. The Balaban J connectivity index is 2.08. The molecule has 2 rings (SSSR count). The maximum Gasteiger partial charge on any atom is 0.269 e. The Morgan fingerprint density at radius 3 is 1.71 bits per heavy atom. The lowest BCUT2D eigenvalue weighted by Gasteiger charge is -2.10. The van der Waals surface area contributed by atoms with Crippen molar-refractivity contribution < 1.29 is 15.0 Å². The van der Waals surface area contributed by atoms with E-state index in [0.717, 1.165) is 5.56 Å². The van der Waals surface area contributed by atoms with Crippen LogP contribution in [0.1, 0.15) is 17.2 Å². The number of benzene rings is 2. The molecule has 1 N–H and O–H groups in total. The Morgan fingerprint density at radius 1 is 0.857 bits per heavy atom. The van der Waals surface area contributed by atoms with Crippen LogP contribution in [0.5, 0.6) is 0 Å². The zero-order valence-electron chi connectivity index (χ0n) is 10.9. The van der Waals surface area contributed by atoms with Crippen molar-refractivity contribution in [1.29, 1.82) is 0 Å². The number of aliphatic hydroxyl groups excluding tert-OH is 1. The van der Waals surface area contributed by atoms with Crippen LogP contribution in [0.3, 0.4) is 0 Å². The van der Waals surface area contributed by atoms with Gasteiger partial charge in [-0.05, 0) is 23.3 Å². The fraction of sp³-hybridized carbons (Fsp3) is 0.143. The molecule has 0 aliphatic heterocycles. The van der Waals surface area contributed by atoms with Gasteiger partial charge >= 0.3 is 0 Å². The van der Waals surface area contributed by atoms with Crippen LogP contribution in [0, 0.1) is 20.2 Å². The summed E-state index contributed by atoms with van der Waals surface area (Å²) in [4.78, 5) is 20.1. The standard InChI is InChI=1S/C14H12N2O5/c17-14(11-3-7-13(8-4-11)16(20)21)9-10-1-5-12(6-2-10)15(18)19/h1-8,14,17H,9H2/t14-/m0/s1. The number of nitrogens with zero attached hydrogens (tertiary/aromatic N) is 2. The van der Waals surface area contributed by atoms with Crippen LogP contribution in [0.4, 0.5) is 11.4 Å². The first-order chi connectivity index (χ1) is 9.97. The Morgan fingerprint density at radius 2 is 1.29 bits per heavy atom. The van der Waals surface area contributed by atoms with Crippen LogP contribution in [0.15, 0.2) is 48.5 Å². The normalized spacial score (nSPS) is 11.9. The van der Waals surface area contributed by atoms with E-state index in [1.165, 1.54) is 36.4 Å². The SMILES string of the molecule is O=[N+]([O-])c1ccc(C[C@H](O)c2ccc([N+](=O)[O-])cc2)cc1. The van der Waals surface area contributed by atoms with Crippen LogP contribution in [-0.4, -0.2) is 15.0 Å². The molecule has 0 saturated carbocycles. The maximum atomic E-state index is 10.5. The number of nitro benzene ring substituents is 2. The van der Waals surface area contributed by atoms with Crippen LogP contribution in [0.25, 0.3) is 0 Å². The lowest BCUT2D eigenvalue weighted by Crippen LogP contribution is -2.02. The topological polar surface area (TPSA) is 107 Å². The van der Waals surface area contributed by atoms with Crippen molar-refractivity contribution in [3.05, 3.63) is 79.9 Å². The molecule has 0 amide bonds. The van der Waals surface area contributed by atoms with Gasteiger partial charge in [0.05, 0.1) is 16.0 Å². The molecule has 0 fully saturated rings. The van der Waals surface area contributed by atoms with Gasteiger partial charge in [-0.2, -0.15) is 0 Å². The molecule has 0 heterocycles. The number of hydrogen-bond acceptors (Lipinski definition) is 5. The van der Waals surface area contributed by atoms with E-state index in [9.17, 15) is 25.3 Å². The van der Waals surface area contributed by atoms with E-state index in [1.54, 1.807) is 12.1 Å². The van der Waals surface area contributed by atoms with E-state index >= 15 is 0 Å². The van der Waals surface area contributed by atoms with Crippen LogP contribution < -0.4 is 0 Å². The van der Waals surface area contributed by atoms with Crippen molar-refractivity contribution in [2.75, 3.05) is 0 Å². The van der Waals surface area contributed by atoms with Gasteiger partial charge in [-0.25, -0.2) is 0 Å². The van der Waals surface area contributed by atoms with Gasteiger partial charge in [0.15, 0.2) is 0 Å². The van der Waals surface area contributed by atoms with Crippen molar-refractivity contribution in [3.8, 4) is 0 Å². The molecule has 7 nitrogen and oxygen atoms in total. The second kappa shape index (κ2) is 6.10. The molecule has 2 aromatic rings. The first-order valence-corrected chi connectivity index (χ1v) is 6.13. The first kappa shape index (κ1) is 14.6. The Hall–Kier alpha value is -2.80. The number of rotatable bonds is 5. The molecule has 0 spiro atoms. The second-order valence-electron chi connectivity index (χ2n) is 4.49. The lowest BCUT2D eigenvalue weighted by molar-refractivity contribution is -0.385. The van der Waals surface area contributed by atoms with Crippen LogP contribution >= 0.6 is 0 Å². The quantitative estimate of drug-likeness (QED) is 0.672. The molecule has 0 aromatic heterocycles. The van der Waals surface area contributed by atoms with Gasteiger partial charge in [-0.3, -0.25) is 20.2 Å². The van der Waals surface area contributed by atoms with E-state index in [4.69, 9.17) is 0 Å². The van der Waals surface area contributed by atoms with Crippen LogP contribution in [0.2, 0.25) is 0 Å². The second-order valence-corrected chi connectivity index (χ2v) is 4.49. The maximum absolute atomic E-state index is 10.5. The predicted octanol–water partition coefficient (Wildman–Crippen LogP) is 2.78. The minimum atomic E-state index is -0.827. The van der Waals surface area contributed by atoms with E-state index in [1.807, 2.05) is 0 Å². The molecule has 0 aliphatic rings. The minimum Gasteiger partial charge on any atom is -0.388 e. The Labute approximate surface area is 119 Å². The summed E-state index contributed by atoms with van der Waals surface area (Å²) in [6.07, 6.45) is -0.553. The average Bonchev–Trinajstić information content (AvgIpc) is 2.47. The highest BCUT2D eigenvalue weighted by Crippen LogP contribution is 2.22. The van der Waals surface area contributed by atoms with Gasteiger partial charge in [0.1, 0.15) is 0 Å². The van der Waals surface area contributed by atoms with E-state index in [-0.39, 0.29) is 17.8 Å². The van der Waals surface area contributed by atoms with Crippen molar-refractivity contribution >= 4 is 11.4 Å². The average molecular weight is 288 g/mol. The summed E-state index contributed by atoms with van der Waals surface area (Å²) in [7, 11) is 0. The third-order valence-electron chi connectivity index (χ3n) is 3.06. The molecule has 0 saturated heterocycles. The highest BCUT2D eigenvalue weighted by Gasteiger charge is 2.12. The third-order valence-corrected chi connectivity index (χ3v) is 3.06. The summed E-state index contributed by atoms with van der Waals surface area (Å²) >= 11 is 0. The summed E-state index contributed by atoms with van der Waals surface area (Å²) in [6.45, 7) is 0. The smallest absolute Gasteiger partial charge is 0.269 e. The Kier molecular flexibility index (Phi) is 4.24. The summed E-state index contributed by atoms with van der Waals surface area (Å²) in [5, 5.41) is 31.2. The van der Waals surface area contributed by atoms with Crippen molar-refractivity contribution in [2.45, 2.75) is 12.5 Å². The summed E-state index contributed by atoms with van der Waals surface area (Å²) in [6, 6.07) is 11.5. The van der Waals surface area contributed by atoms with Gasteiger partial charge < -0.3 is 5.11 Å². The molecule has 1 atom stereocenters. The Bertz CT molecular complexity index is 652. The van der Waals surface area contributed by atoms with Gasteiger partial charge in [0.2, 0.25) is 0 Å². The van der Waals surface area contributed by atoms with E-state index < -0.39 is 16.0 Å². The van der Waals surface area contributed by atoms with Gasteiger partial charge in [-0.15, -0.1) is 0 Å². The molecular formula is C14H12N2O5. The number of non-ortho nitro benzene ring substituents is 2. The number of hydrogen-bond donors (Lipinski definition) is 1. The molecule has 0 unspecified atom stereocenters. The monoisotopic (exact) mass is 288 g/mol. The molecule has 2 aromatic carbocycles. The molecule has 7 heteroatoms. The molecule has 108 valence electrons. The van der Waals surface area contributed by atoms with Crippen LogP contribution in [-0.2, 0) is 6.42 Å². The zero-order valence-corrected chi connectivity index (χ0v) is 10.9. The van der Waals surface area contributed by atoms with E-state index in [2.05, 4.69) is 0 Å². The zero-order chi connectivity index (χ0) is 15.4. The molecule has 21 heavy (non-hydrogen) atoms. The van der Waals surface area contributed by atoms with Crippen molar-refractivity contribution in [1.82, 2.24) is 0 Å². The highest BCUT2D eigenvalue weighted by atomic mass is 16.6. The van der Waals surface area contributed by atoms with Crippen molar-refractivity contribution in [2.24, 2.45) is 0 Å². The molecule has 0 bridgehead atoms. The number of nitro groups is 2. The molecule has 0 aliphatic carbocycles. The summed E-state index contributed by atoms with van der Waals surface area (Å²) in [5.41, 5.74) is 1.25. The summed E-state index contributed by atoms with van der Waals surface area (Å²) in [5.74, 6) is 0. The van der Waals surface area contributed by atoms with Gasteiger partial charge in [0, 0.05) is 30.7 Å². The first-order valence-electron chi connectivity index (χ1n) is 6.13.